The van der Waals surface area contributed by atoms with Gasteiger partial charge in [0.15, 0.2) is 0 Å². The maximum atomic E-state index is 9.10. The number of hydrogen-bond acceptors (Lipinski definition) is 5. The molecule has 0 fully saturated rings. The number of carboxylic acid groups (broad SMARTS) is 2. The molecule has 0 amide bonds. The van der Waals surface area contributed by atoms with Crippen LogP contribution in [0.2, 0.25) is 0 Å². The molecule has 6 nitrogen and oxygen atoms in total. The quantitative estimate of drug-likeness (QED) is 0.451. The highest BCUT2D eigenvalue weighted by atomic mass is 32.2. The predicted octanol–water partition coefficient (Wildman–Crippen LogP) is 3.47. The molecule has 0 bridgehead atoms. The number of imidazole rings is 1. The first-order chi connectivity index (χ1) is 11.5. The average Bonchev–Trinajstić information content (AvgIpc) is 3.05. The van der Waals surface area contributed by atoms with Gasteiger partial charge in [0.1, 0.15) is 0 Å². The van der Waals surface area contributed by atoms with Crippen LogP contribution in [0.15, 0.2) is 18.7 Å². The van der Waals surface area contributed by atoms with Crippen molar-refractivity contribution in [3.05, 3.63) is 18.7 Å². The maximum Gasteiger partial charge on any atom is 0.414 e. The molecule has 8 heteroatoms. The molecule has 0 spiro atoms. The lowest BCUT2D eigenvalue weighted by Gasteiger charge is -2.16. The molecular formula is C16H28N2O4S2. The third kappa shape index (κ3) is 13.3. The van der Waals surface area contributed by atoms with E-state index in [1.165, 1.54) is 42.9 Å². The lowest BCUT2D eigenvalue weighted by molar-refractivity contribution is -0.159. The number of carbonyl (C=O) groups is 2. The van der Waals surface area contributed by atoms with Gasteiger partial charge < -0.3 is 14.8 Å². The minimum absolute atomic E-state index is 0.729. The number of aromatic nitrogens is 2. The standard InChI is InChI=1S/C14H26N2S2.C2H2O4/c1-3-5-9-17-12-14(18-10-6-4-2)11-16-8-7-15-13-16;3-1(4)2(5)6/h7-8,13-14H,3-6,9-12H2,1-2H3;(H,3,4)(H,5,6). The third-order valence-electron chi connectivity index (χ3n) is 2.95. The minimum Gasteiger partial charge on any atom is -0.473 e. The molecule has 1 heterocycles. The third-order valence-corrected chi connectivity index (χ3v) is 5.69. The Morgan fingerprint density at radius 2 is 1.75 bits per heavy atom. The number of aliphatic carboxylic acids is 2. The summed E-state index contributed by atoms with van der Waals surface area (Å²) in [5.41, 5.74) is 0. The molecule has 0 saturated carbocycles. The average molecular weight is 377 g/mol. The molecule has 0 aliphatic carbocycles. The van der Waals surface area contributed by atoms with Crippen molar-refractivity contribution in [2.45, 2.75) is 51.3 Å². The smallest absolute Gasteiger partial charge is 0.414 e. The van der Waals surface area contributed by atoms with Gasteiger partial charge in [-0.15, -0.1) is 0 Å². The van der Waals surface area contributed by atoms with Crippen LogP contribution in [0.4, 0.5) is 0 Å². The van der Waals surface area contributed by atoms with Crippen LogP contribution in [0, 0.1) is 0 Å². The van der Waals surface area contributed by atoms with E-state index in [4.69, 9.17) is 19.8 Å². The van der Waals surface area contributed by atoms with Crippen molar-refractivity contribution >= 4 is 35.5 Å². The normalized spacial score (nSPS) is 11.4. The van der Waals surface area contributed by atoms with Crippen LogP contribution in [0.3, 0.4) is 0 Å². The van der Waals surface area contributed by atoms with Gasteiger partial charge in [0.25, 0.3) is 0 Å². The summed E-state index contributed by atoms with van der Waals surface area (Å²) >= 11 is 4.24. The molecule has 1 atom stereocenters. The van der Waals surface area contributed by atoms with Gasteiger partial charge in [-0.25, -0.2) is 14.6 Å². The van der Waals surface area contributed by atoms with Crippen LogP contribution in [0.5, 0.6) is 0 Å². The molecule has 0 saturated heterocycles. The van der Waals surface area contributed by atoms with E-state index in [2.05, 4.69) is 53.1 Å². The molecule has 1 rings (SSSR count). The highest BCUT2D eigenvalue weighted by Crippen LogP contribution is 2.20. The maximum absolute atomic E-state index is 9.10. The Labute approximate surface area is 152 Å². The van der Waals surface area contributed by atoms with Gasteiger partial charge in [0.2, 0.25) is 0 Å². The molecule has 0 aromatic carbocycles. The van der Waals surface area contributed by atoms with E-state index in [9.17, 15) is 0 Å². The van der Waals surface area contributed by atoms with Crippen molar-refractivity contribution in [1.82, 2.24) is 9.55 Å². The van der Waals surface area contributed by atoms with Crippen LogP contribution in [-0.2, 0) is 16.1 Å². The summed E-state index contributed by atoms with van der Waals surface area (Å²) in [6.45, 7) is 5.63. The monoisotopic (exact) mass is 376 g/mol. The summed E-state index contributed by atoms with van der Waals surface area (Å²) in [7, 11) is 0. The topological polar surface area (TPSA) is 92.4 Å². The van der Waals surface area contributed by atoms with Gasteiger partial charge in [-0.3, -0.25) is 0 Å². The van der Waals surface area contributed by atoms with Crippen LogP contribution >= 0.6 is 23.5 Å². The fourth-order valence-corrected chi connectivity index (χ4v) is 4.41. The highest BCUT2D eigenvalue weighted by Gasteiger charge is 2.10. The van der Waals surface area contributed by atoms with E-state index >= 15 is 0 Å². The van der Waals surface area contributed by atoms with E-state index in [-0.39, 0.29) is 0 Å². The Kier molecular flexibility index (Phi) is 14.6. The summed E-state index contributed by atoms with van der Waals surface area (Å²) in [6.07, 6.45) is 11.2. The van der Waals surface area contributed by atoms with E-state index in [1.54, 1.807) is 0 Å². The number of hydrogen-bond donors (Lipinski definition) is 2. The summed E-state index contributed by atoms with van der Waals surface area (Å²) in [6, 6.07) is 0. The first-order valence-corrected chi connectivity index (χ1v) is 10.3. The molecule has 24 heavy (non-hydrogen) atoms. The first kappa shape index (κ1) is 22.9. The van der Waals surface area contributed by atoms with Crippen LogP contribution in [-0.4, -0.2) is 54.2 Å². The van der Waals surface area contributed by atoms with Gasteiger partial charge in [-0.2, -0.15) is 23.5 Å². The van der Waals surface area contributed by atoms with E-state index in [0.29, 0.717) is 0 Å². The first-order valence-electron chi connectivity index (χ1n) is 8.12. The van der Waals surface area contributed by atoms with Crippen molar-refractivity contribution in [3.63, 3.8) is 0 Å². The largest absolute Gasteiger partial charge is 0.473 e. The second-order valence-corrected chi connectivity index (χ2v) is 7.70. The fourth-order valence-electron chi connectivity index (χ4n) is 1.64. The molecule has 0 aliphatic rings. The lowest BCUT2D eigenvalue weighted by atomic mass is 10.4. The van der Waals surface area contributed by atoms with Crippen LogP contribution < -0.4 is 0 Å². The number of unbranched alkanes of at least 4 members (excludes halogenated alkanes) is 2. The zero-order valence-electron chi connectivity index (χ0n) is 14.4. The van der Waals surface area contributed by atoms with Gasteiger partial charge in [0.05, 0.1) is 6.33 Å². The summed E-state index contributed by atoms with van der Waals surface area (Å²) < 4.78 is 2.21. The van der Waals surface area contributed by atoms with Crippen LogP contribution in [0.1, 0.15) is 39.5 Å². The Morgan fingerprint density at radius 3 is 2.25 bits per heavy atom. The molecule has 2 N–H and O–H groups in total. The summed E-state index contributed by atoms with van der Waals surface area (Å²) in [5.74, 6) is 0.229. The Balaban J connectivity index is 0.000000754. The van der Waals surface area contributed by atoms with Gasteiger partial charge >= 0.3 is 11.9 Å². The second-order valence-electron chi connectivity index (χ2n) is 5.14. The van der Waals surface area contributed by atoms with E-state index in [1.807, 2.05) is 12.5 Å². The van der Waals surface area contributed by atoms with Crippen molar-refractivity contribution in [1.29, 1.82) is 0 Å². The number of thioether (sulfide) groups is 2. The summed E-state index contributed by atoms with van der Waals surface area (Å²) in [5, 5.41) is 15.5. The van der Waals surface area contributed by atoms with Gasteiger partial charge in [-0.1, -0.05) is 26.7 Å². The molecular weight excluding hydrogens is 348 g/mol. The highest BCUT2D eigenvalue weighted by molar-refractivity contribution is 8.03. The van der Waals surface area contributed by atoms with Crippen molar-refractivity contribution in [2.24, 2.45) is 0 Å². The Morgan fingerprint density at radius 1 is 1.12 bits per heavy atom. The van der Waals surface area contributed by atoms with Crippen molar-refractivity contribution in [2.75, 3.05) is 17.3 Å². The molecule has 138 valence electrons. The zero-order valence-corrected chi connectivity index (χ0v) is 16.0. The minimum atomic E-state index is -1.82. The molecule has 0 aliphatic heterocycles. The number of rotatable bonds is 11. The molecule has 1 aromatic heterocycles. The number of carboxylic acids is 2. The van der Waals surface area contributed by atoms with E-state index < -0.39 is 11.9 Å². The van der Waals surface area contributed by atoms with Crippen LogP contribution in [0.25, 0.3) is 0 Å². The summed E-state index contributed by atoms with van der Waals surface area (Å²) in [4.78, 5) is 22.3. The van der Waals surface area contributed by atoms with Crippen molar-refractivity contribution in [3.8, 4) is 0 Å². The zero-order chi connectivity index (χ0) is 18.2. The molecule has 1 unspecified atom stereocenters. The molecule has 0 radical (unpaired) electrons. The van der Waals surface area contributed by atoms with E-state index in [0.717, 1.165) is 11.8 Å². The molecule has 1 aromatic rings. The Hall–Kier alpha value is -1.15. The second kappa shape index (κ2) is 15.4. The number of nitrogens with zero attached hydrogens (tertiary/aromatic N) is 2. The predicted molar refractivity (Wildman–Crippen MR) is 101 cm³/mol. The lowest BCUT2D eigenvalue weighted by Crippen LogP contribution is -2.15. The Bertz CT molecular complexity index is 429. The SMILES string of the molecule is CCCCSCC(Cn1ccnc1)SCCCC.O=C(O)C(=O)O. The van der Waals surface area contributed by atoms with Gasteiger partial charge in [-0.05, 0) is 24.3 Å². The van der Waals surface area contributed by atoms with Gasteiger partial charge in [0, 0.05) is 29.9 Å². The van der Waals surface area contributed by atoms with Crippen molar-refractivity contribution < 1.29 is 19.8 Å². The fraction of sp³-hybridized carbons (Fsp3) is 0.688.